The zero-order chi connectivity index (χ0) is 12.5. The molecule has 0 spiro atoms. The SMILES string of the molecule is N#Cc1c(C(F)(F)F)cc(F)nc1C(F)F. The summed E-state index contributed by atoms with van der Waals surface area (Å²) in [6, 6.07) is 0.857. The van der Waals surface area contributed by atoms with E-state index < -0.39 is 35.4 Å². The summed E-state index contributed by atoms with van der Waals surface area (Å²) in [6.07, 6.45) is -8.54. The van der Waals surface area contributed by atoms with Crippen molar-refractivity contribution in [1.29, 1.82) is 5.26 Å². The first kappa shape index (κ1) is 12.3. The number of hydrogen-bond donors (Lipinski definition) is 0. The molecule has 0 aromatic carbocycles. The molecule has 16 heavy (non-hydrogen) atoms. The number of pyridine rings is 1. The van der Waals surface area contributed by atoms with E-state index in [4.69, 9.17) is 5.26 Å². The van der Waals surface area contributed by atoms with Crippen molar-refractivity contribution in [1.82, 2.24) is 4.98 Å². The van der Waals surface area contributed by atoms with E-state index in [1.54, 1.807) is 0 Å². The summed E-state index contributed by atoms with van der Waals surface area (Å²) in [4.78, 5) is 2.58. The van der Waals surface area contributed by atoms with Crippen LogP contribution in [0, 0.1) is 17.3 Å². The lowest BCUT2D eigenvalue weighted by Gasteiger charge is -2.11. The van der Waals surface area contributed by atoms with E-state index in [9.17, 15) is 26.3 Å². The van der Waals surface area contributed by atoms with Gasteiger partial charge in [-0.3, -0.25) is 0 Å². The quantitative estimate of drug-likeness (QED) is 0.558. The Balaban J connectivity index is 3.57. The van der Waals surface area contributed by atoms with E-state index in [1.165, 1.54) is 0 Å². The largest absolute Gasteiger partial charge is 0.417 e. The minimum atomic E-state index is -5.08. The molecule has 86 valence electrons. The molecular weight excluding hydrogens is 238 g/mol. The number of hydrogen-bond acceptors (Lipinski definition) is 2. The number of halogens is 6. The molecule has 0 unspecified atom stereocenters. The van der Waals surface area contributed by atoms with Crippen LogP contribution in [0.1, 0.15) is 23.2 Å². The number of alkyl halides is 5. The molecule has 1 rings (SSSR count). The average Bonchev–Trinajstić information content (AvgIpc) is 2.14. The van der Waals surface area contributed by atoms with E-state index in [-0.39, 0.29) is 6.07 Å². The van der Waals surface area contributed by atoms with E-state index in [0.717, 1.165) is 6.07 Å². The van der Waals surface area contributed by atoms with Crippen LogP contribution >= 0.6 is 0 Å². The molecule has 1 aromatic rings. The van der Waals surface area contributed by atoms with Crippen LogP contribution in [0.2, 0.25) is 0 Å². The summed E-state index contributed by atoms with van der Waals surface area (Å²) in [5.41, 5.74) is -4.61. The molecule has 0 saturated carbocycles. The van der Waals surface area contributed by atoms with E-state index in [2.05, 4.69) is 4.98 Å². The zero-order valence-corrected chi connectivity index (χ0v) is 7.32. The summed E-state index contributed by atoms with van der Waals surface area (Å²) < 4.78 is 73.8. The molecule has 0 fully saturated rings. The van der Waals surface area contributed by atoms with Crippen LogP contribution in [0.3, 0.4) is 0 Å². The fraction of sp³-hybridized carbons (Fsp3) is 0.250. The van der Waals surface area contributed by atoms with E-state index >= 15 is 0 Å². The Bertz CT molecular complexity index is 445. The molecule has 0 aliphatic heterocycles. The van der Waals surface area contributed by atoms with Gasteiger partial charge in [-0.25, -0.2) is 13.8 Å². The van der Waals surface area contributed by atoms with Crippen LogP contribution in [0.4, 0.5) is 26.3 Å². The topological polar surface area (TPSA) is 36.7 Å². The second-order valence-electron chi connectivity index (χ2n) is 2.66. The van der Waals surface area contributed by atoms with Gasteiger partial charge in [0.1, 0.15) is 11.8 Å². The standard InChI is InChI=1S/C8H2F6N2/c9-5-1-4(8(12,13)14)3(2-15)6(16-5)7(10)11/h1,7H. The van der Waals surface area contributed by atoms with Crippen molar-refractivity contribution in [3.63, 3.8) is 0 Å². The molecule has 0 bridgehead atoms. The number of rotatable bonds is 1. The Morgan fingerprint density at radius 1 is 1.31 bits per heavy atom. The lowest BCUT2D eigenvalue weighted by atomic mass is 10.1. The lowest BCUT2D eigenvalue weighted by molar-refractivity contribution is -0.138. The van der Waals surface area contributed by atoms with Gasteiger partial charge in [0.15, 0.2) is 0 Å². The first-order valence-electron chi connectivity index (χ1n) is 3.73. The average molecular weight is 240 g/mol. The van der Waals surface area contributed by atoms with Crippen molar-refractivity contribution < 1.29 is 26.3 Å². The Morgan fingerprint density at radius 3 is 2.25 bits per heavy atom. The maximum Gasteiger partial charge on any atom is 0.417 e. The highest BCUT2D eigenvalue weighted by atomic mass is 19.4. The molecule has 0 saturated heterocycles. The van der Waals surface area contributed by atoms with Crippen molar-refractivity contribution in [3.05, 3.63) is 28.8 Å². The second kappa shape index (κ2) is 4.00. The highest BCUT2D eigenvalue weighted by Crippen LogP contribution is 2.35. The van der Waals surface area contributed by atoms with Gasteiger partial charge in [-0.1, -0.05) is 0 Å². The maximum atomic E-state index is 12.6. The predicted molar refractivity (Wildman–Crippen MR) is 38.9 cm³/mol. The van der Waals surface area contributed by atoms with Gasteiger partial charge in [0, 0.05) is 6.07 Å². The summed E-state index contributed by atoms with van der Waals surface area (Å²) in [7, 11) is 0. The molecule has 2 nitrogen and oxygen atoms in total. The lowest BCUT2D eigenvalue weighted by Crippen LogP contribution is -2.12. The fourth-order valence-electron chi connectivity index (χ4n) is 1.03. The maximum absolute atomic E-state index is 12.6. The molecule has 0 atom stereocenters. The fourth-order valence-corrected chi connectivity index (χ4v) is 1.03. The van der Waals surface area contributed by atoms with Gasteiger partial charge in [0.25, 0.3) is 6.43 Å². The Morgan fingerprint density at radius 2 is 1.88 bits per heavy atom. The Kier molecular flexibility index (Phi) is 3.07. The highest BCUT2D eigenvalue weighted by Gasteiger charge is 2.37. The highest BCUT2D eigenvalue weighted by molar-refractivity contribution is 5.43. The molecule has 1 heterocycles. The van der Waals surface area contributed by atoms with E-state index in [1.807, 2.05) is 0 Å². The normalized spacial score (nSPS) is 11.6. The van der Waals surface area contributed by atoms with Gasteiger partial charge in [-0.05, 0) is 0 Å². The zero-order valence-electron chi connectivity index (χ0n) is 7.32. The molecule has 0 N–H and O–H groups in total. The van der Waals surface area contributed by atoms with Crippen LogP contribution in [0.25, 0.3) is 0 Å². The summed E-state index contributed by atoms with van der Waals surface area (Å²) in [5.74, 6) is -1.71. The van der Waals surface area contributed by atoms with Gasteiger partial charge in [-0.2, -0.15) is 22.8 Å². The molecule has 0 aliphatic carbocycles. The summed E-state index contributed by atoms with van der Waals surface area (Å²) in [6.45, 7) is 0. The van der Waals surface area contributed by atoms with Gasteiger partial charge < -0.3 is 0 Å². The summed E-state index contributed by atoms with van der Waals surface area (Å²) >= 11 is 0. The van der Waals surface area contributed by atoms with Crippen molar-refractivity contribution in [2.24, 2.45) is 0 Å². The van der Waals surface area contributed by atoms with Crippen LogP contribution in [0.15, 0.2) is 6.07 Å². The van der Waals surface area contributed by atoms with Crippen molar-refractivity contribution in [2.45, 2.75) is 12.6 Å². The van der Waals surface area contributed by atoms with Gasteiger partial charge in [0.05, 0.1) is 11.1 Å². The van der Waals surface area contributed by atoms with Crippen molar-refractivity contribution in [2.75, 3.05) is 0 Å². The third-order valence-electron chi connectivity index (χ3n) is 1.64. The second-order valence-corrected chi connectivity index (χ2v) is 2.66. The first-order chi connectivity index (χ1) is 7.27. The number of nitrogens with zero attached hydrogens (tertiary/aromatic N) is 2. The molecular formula is C8H2F6N2. The first-order valence-corrected chi connectivity index (χ1v) is 3.73. The monoisotopic (exact) mass is 240 g/mol. The minimum Gasteiger partial charge on any atom is -0.217 e. The predicted octanol–water partition coefficient (Wildman–Crippen LogP) is 3.05. The molecule has 8 heteroatoms. The summed E-state index contributed by atoms with van der Waals surface area (Å²) in [5, 5.41) is 8.36. The number of aromatic nitrogens is 1. The Hall–Kier alpha value is -1.78. The third-order valence-corrected chi connectivity index (χ3v) is 1.64. The minimum absolute atomic E-state index is 0.0928. The number of nitriles is 1. The molecule has 0 aliphatic rings. The Labute approximate surface area is 85.1 Å². The van der Waals surface area contributed by atoms with Crippen LogP contribution in [-0.2, 0) is 6.18 Å². The van der Waals surface area contributed by atoms with Crippen molar-refractivity contribution >= 4 is 0 Å². The van der Waals surface area contributed by atoms with Crippen LogP contribution in [0.5, 0.6) is 0 Å². The van der Waals surface area contributed by atoms with Crippen LogP contribution < -0.4 is 0 Å². The molecule has 1 aromatic heterocycles. The van der Waals surface area contributed by atoms with Gasteiger partial charge in [0.2, 0.25) is 5.95 Å². The molecule has 0 amide bonds. The molecule has 0 radical (unpaired) electrons. The van der Waals surface area contributed by atoms with Gasteiger partial charge >= 0.3 is 6.18 Å². The van der Waals surface area contributed by atoms with Crippen LogP contribution in [-0.4, -0.2) is 4.98 Å². The smallest absolute Gasteiger partial charge is 0.217 e. The van der Waals surface area contributed by atoms with Crippen molar-refractivity contribution in [3.8, 4) is 6.07 Å². The van der Waals surface area contributed by atoms with Gasteiger partial charge in [-0.15, -0.1) is 0 Å². The third kappa shape index (κ3) is 2.24. The van der Waals surface area contributed by atoms with E-state index in [0.29, 0.717) is 0 Å².